The fourth-order valence-electron chi connectivity index (χ4n) is 1.95. The number of nitrogens with one attached hydrogen (secondary N) is 1. The highest BCUT2D eigenvalue weighted by atomic mass is 32.1. The van der Waals surface area contributed by atoms with Gasteiger partial charge in [0, 0.05) is 25.0 Å². The zero-order valence-corrected chi connectivity index (χ0v) is 15.9. The Morgan fingerprint density at radius 2 is 1.96 bits per heavy atom. The first-order valence-electron chi connectivity index (χ1n) is 8.03. The third-order valence-electron chi connectivity index (χ3n) is 3.38. The van der Waals surface area contributed by atoms with Crippen molar-refractivity contribution in [2.75, 3.05) is 38.7 Å². The van der Waals surface area contributed by atoms with E-state index in [2.05, 4.69) is 10.3 Å². The number of aryl methyl sites for hydroxylation is 2. The number of carbonyl (C=O) groups is 3. The molecule has 140 valence electrons. The highest BCUT2D eigenvalue weighted by Gasteiger charge is 2.19. The Morgan fingerprint density at radius 1 is 1.24 bits per heavy atom. The molecule has 0 spiro atoms. The van der Waals surface area contributed by atoms with Crippen LogP contribution in [0.5, 0.6) is 0 Å². The fourth-order valence-corrected chi connectivity index (χ4v) is 2.78. The van der Waals surface area contributed by atoms with Crippen molar-refractivity contribution >= 4 is 34.3 Å². The number of amides is 2. The highest BCUT2D eigenvalue weighted by Crippen LogP contribution is 2.20. The number of methoxy groups -OCH3 is 1. The lowest BCUT2D eigenvalue weighted by Gasteiger charge is -2.21. The number of hydrogen-bond donors (Lipinski definition) is 1. The van der Waals surface area contributed by atoms with Crippen molar-refractivity contribution in [2.24, 2.45) is 0 Å². The summed E-state index contributed by atoms with van der Waals surface area (Å²) in [5.41, 5.74) is 0.863. The summed E-state index contributed by atoms with van der Waals surface area (Å²) in [5, 5.41) is 3.20. The first kappa shape index (κ1) is 21.0. The minimum absolute atomic E-state index is 0.00864. The smallest absolute Gasteiger partial charge is 0.306 e. The number of esters is 1. The van der Waals surface area contributed by atoms with Gasteiger partial charge >= 0.3 is 5.97 Å². The summed E-state index contributed by atoms with van der Waals surface area (Å²) >= 11 is 1.38. The lowest BCUT2D eigenvalue weighted by molar-refractivity contribution is -0.146. The van der Waals surface area contributed by atoms with Crippen molar-refractivity contribution in [3.05, 3.63) is 10.6 Å². The van der Waals surface area contributed by atoms with Crippen LogP contribution in [0.4, 0.5) is 5.13 Å². The molecule has 0 saturated heterocycles. The van der Waals surface area contributed by atoms with Gasteiger partial charge in [0.05, 0.1) is 25.3 Å². The second-order valence-corrected chi connectivity index (χ2v) is 6.53. The van der Waals surface area contributed by atoms with Crippen LogP contribution in [0.1, 0.15) is 30.3 Å². The summed E-state index contributed by atoms with van der Waals surface area (Å²) in [6.07, 6.45) is -0.0199. The molecule has 9 heteroatoms. The Morgan fingerprint density at radius 3 is 2.52 bits per heavy atom. The molecule has 0 radical (unpaired) electrons. The molecule has 2 amide bonds. The molecule has 1 heterocycles. The van der Waals surface area contributed by atoms with Crippen LogP contribution >= 0.6 is 11.3 Å². The highest BCUT2D eigenvalue weighted by molar-refractivity contribution is 7.15. The van der Waals surface area contributed by atoms with Crippen LogP contribution < -0.4 is 5.32 Å². The van der Waals surface area contributed by atoms with Gasteiger partial charge in [-0.15, -0.1) is 11.3 Å². The van der Waals surface area contributed by atoms with Gasteiger partial charge in [-0.1, -0.05) is 0 Å². The molecule has 1 aromatic rings. The van der Waals surface area contributed by atoms with Gasteiger partial charge in [-0.05, 0) is 20.8 Å². The second kappa shape index (κ2) is 10.8. The number of carbonyl (C=O) groups excluding carboxylic acids is 3. The summed E-state index contributed by atoms with van der Waals surface area (Å²) in [6, 6.07) is 0. The number of ether oxygens (including phenoxy) is 2. The van der Waals surface area contributed by atoms with Crippen LogP contribution in [0.25, 0.3) is 0 Å². The van der Waals surface area contributed by atoms with E-state index in [-0.39, 0.29) is 44.4 Å². The van der Waals surface area contributed by atoms with Crippen molar-refractivity contribution in [1.82, 2.24) is 9.88 Å². The molecule has 0 fully saturated rings. The van der Waals surface area contributed by atoms with Crippen molar-refractivity contribution in [3.63, 3.8) is 0 Å². The fraction of sp³-hybridized carbons (Fsp3) is 0.625. The molecule has 0 aliphatic rings. The van der Waals surface area contributed by atoms with Crippen molar-refractivity contribution in [3.8, 4) is 0 Å². The van der Waals surface area contributed by atoms with Crippen LogP contribution in [0, 0.1) is 13.8 Å². The topological polar surface area (TPSA) is 97.8 Å². The van der Waals surface area contributed by atoms with Crippen LogP contribution in [0.15, 0.2) is 0 Å². The minimum Gasteiger partial charge on any atom is -0.466 e. The summed E-state index contributed by atoms with van der Waals surface area (Å²) in [4.78, 5) is 42.5. The first-order valence-corrected chi connectivity index (χ1v) is 8.85. The third kappa shape index (κ3) is 7.61. The number of aromatic nitrogens is 1. The Balaban J connectivity index is 2.59. The molecule has 0 aliphatic carbocycles. The Kier molecular flexibility index (Phi) is 9.07. The molecule has 8 nitrogen and oxygen atoms in total. The van der Waals surface area contributed by atoms with Gasteiger partial charge in [0.2, 0.25) is 11.8 Å². The molecule has 0 bridgehead atoms. The molecular weight excluding hydrogens is 346 g/mol. The van der Waals surface area contributed by atoms with Crippen LogP contribution in [0.3, 0.4) is 0 Å². The van der Waals surface area contributed by atoms with Crippen molar-refractivity contribution < 1.29 is 23.9 Å². The molecule has 25 heavy (non-hydrogen) atoms. The number of rotatable bonds is 10. The van der Waals surface area contributed by atoms with Crippen LogP contribution in [-0.2, 0) is 23.9 Å². The summed E-state index contributed by atoms with van der Waals surface area (Å²) < 4.78 is 9.78. The van der Waals surface area contributed by atoms with E-state index in [1.807, 2.05) is 13.8 Å². The molecule has 1 aromatic heterocycles. The molecule has 1 N–H and O–H groups in total. The monoisotopic (exact) mass is 371 g/mol. The zero-order valence-electron chi connectivity index (χ0n) is 15.1. The molecular formula is C16H25N3O5S. The summed E-state index contributed by atoms with van der Waals surface area (Å²) in [5.74, 6) is -1.07. The van der Waals surface area contributed by atoms with E-state index in [1.165, 1.54) is 23.3 Å². The predicted octanol–water partition coefficient (Wildman–Crippen LogP) is 1.52. The van der Waals surface area contributed by atoms with Crippen molar-refractivity contribution in [2.45, 2.75) is 33.6 Å². The molecule has 0 saturated carbocycles. The van der Waals surface area contributed by atoms with Gasteiger partial charge in [-0.25, -0.2) is 4.98 Å². The van der Waals surface area contributed by atoms with E-state index >= 15 is 0 Å². The maximum atomic E-state index is 12.3. The lowest BCUT2D eigenvalue weighted by Crippen LogP contribution is -2.40. The second-order valence-electron chi connectivity index (χ2n) is 5.32. The van der Waals surface area contributed by atoms with E-state index in [0.717, 1.165) is 10.6 Å². The molecule has 0 atom stereocenters. The number of anilines is 1. The van der Waals surface area contributed by atoms with Gasteiger partial charge in [-0.3, -0.25) is 14.4 Å². The predicted molar refractivity (Wildman–Crippen MR) is 94.5 cm³/mol. The number of thiazole rings is 1. The first-order chi connectivity index (χ1) is 11.9. The average molecular weight is 371 g/mol. The molecule has 0 unspecified atom stereocenters. The standard InChI is InChI=1S/C16H25N3O5S/c1-5-24-15(22)7-6-14(21)19(8-9-23-4)10-13(20)18-16-17-11(2)12(3)25-16/h5-10H2,1-4H3,(H,17,18,20). The van der Waals surface area contributed by atoms with Gasteiger partial charge in [0.1, 0.15) is 6.54 Å². The van der Waals surface area contributed by atoms with E-state index in [0.29, 0.717) is 11.7 Å². The van der Waals surface area contributed by atoms with E-state index in [1.54, 1.807) is 6.92 Å². The SMILES string of the molecule is CCOC(=O)CCC(=O)N(CCOC)CC(=O)Nc1nc(C)c(C)s1. The van der Waals surface area contributed by atoms with Crippen molar-refractivity contribution in [1.29, 1.82) is 0 Å². The number of nitrogens with zero attached hydrogens (tertiary/aromatic N) is 2. The zero-order chi connectivity index (χ0) is 18.8. The Bertz CT molecular complexity index is 583. The van der Waals surface area contributed by atoms with E-state index in [4.69, 9.17) is 9.47 Å². The van der Waals surface area contributed by atoms with Crippen LogP contribution in [0.2, 0.25) is 0 Å². The molecule has 0 aromatic carbocycles. The van der Waals surface area contributed by atoms with Gasteiger partial charge in [-0.2, -0.15) is 0 Å². The Labute approximate surface area is 151 Å². The Hall–Kier alpha value is -2.00. The summed E-state index contributed by atoms with van der Waals surface area (Å²) in [6.45, 7) is 6.21. The third-order valence-corrected chi connectivity index (χ3v) is 4.36. The quantitative estimate of drug-likeness (QED) is 0.626. The van der Waals surface area contributed by atoms with Gasteiger partial charge in [0.15, 0.2) is 5.13 Å². The van der Waals surface area contributed by atoms with Gasteiger partial charge in [0.25, 0.3) is 0 Å². The van der Waals surface area contributed by atoms with E-state index in [9.17, 15) is 14.4 Å². The summed E-state index contributed by atoms with van der Waals surface area (Å²) in [7, 11) is 1.52. The number of hydrogen-bond acceptors (Lipinski definition) is 7. The minimum atomic E-state index is -0.430. The largest absolute Gasteiger partial charge is 0.466 e. The van der Waals surface area contributed by atoms with Gasteiger partial charge < -0.3 is 19.7 Å². The maximum absolute atomic E-state index is 12.3. The lowest BCUT2D eigenvalue weighted by atomic mass is 10.2. The molecule has 0 aliphatic heterocycles. The van der Waals surface area contributed by atoms with Crippen LogP contribution in [-0.4, -0.2) is 61.1 Å². The van der Waals surface area contributed by atoms with E-state index < -0.39 is 5.97 Å². The maximum Gasteiger partial charge on any atom is 0.306 e. The average Bonchev–Trinajstić information content (AvgIpc) is 2.86. The molecule has 1 rings (SSSR count). The normalized spacial score (nSPS) is 10.4.